The van der Waals surface area contributed by atoms with Gasteiger partial charge in [0.25, 0.3) is 5.69 Å². The summed E-state index contributed by atoms with van der Waals surface area (Å²) in [5.74, 6) is 1.70. The zero-order chi connectivity index (χ0) is 20.9. The van der Waals surface area contributed by atoms with Crippen LogP contribution >= 0.6 is 0 Å². The molecule has 2 saturated heterocycles. The zero-order valence-electron chi connectivity index (χ0n) is 17.3. The molecule has 2 fully saturated rings. The Bertz CT molecular complexity index is 856. The van der Waals surface area contributed by atoms with Gasteiger partial charge >= 0.3 is 0 Å². The van der Waals surface area contributed by atoms with Crippen LogP contribution < -0.4 is 9.80 Å². The number of aromatic nitrogens is 2. The Hall–Kier alpha value is -2.78. The fourth-order valence-corrected chi connectivity index (χ4v) is 4.11. The highest BCUT2D eigenvalue weighted by atomic mass is 16.6. The zero-order valence-corrected chi connectivity index (χ0v) is 17.3. The molecule has 4 rings (SSSR count). The Balaban J connectivity index is 1.39. The van der Waals surface area contributed by atoms with Gasteiger partial charge in [0.05, 0.1) is 18.1 Å². The summed E-state index contributed by atoms with van der Waals surface area (Å²) in [6.07, 6.45) is 4.06. The number of likely N-dealkylation sites (N-methyl/N-ethyl adjacent to an activating group) is 1. The molecule has 0 bridgehead atoms. The van der Waals surface area contributed by atoms with Gasteiger partial charge in [-0.25, -0.2) is 4.98 Å². The van der Waals surface area contributed by atoms with Gasteiger partial charge < -0.3 is 14.5 Å². The summed E-state index contributed by atoms with van der Waals surface area (Å²) in [7, 11) is 2.10. The largest absolute Gasteiger partial charge is 0.378 e. The Morgan fingerprint density at radius 3 is 2.70 bits per heavy atom. The Morgan fingerprint density at radius 2 is 1.97 bits per heavy atom. The van der Waals surface area contributed by atoms with E-state index in [1.165, 1.54) is 0 Å². The van der Waals surface area contributed by atoms with Crippen LogP contribution in [0.2, 0.25) is 0 Å². The van der Waals surface area contributed by atoms with E-state index in [0.29, 0.717) is 19.3 Å². The Kier molecular flexibility index (Phi) is 6.39. The number of ether oxygens (including phenoxy) is 1. The molecule has 0 N–H and O–H groups in total. The van der Waals surface area contributed by atoms with Crippen molar-refractivity contribution in [3.05, 3.63) is 52.2 Å². The molecule has 0 radical (unpaired) electrons. The third-order valence-electron chi connectivity index (χ3n) is 5.87. The van der Waals surface area contributed by atoms with Gasteiger partial charge in [-0.3, -0.25) is 15.0 Å². The van der Waals surface area contributed by atoms with Crippen molar-refractivity contribution < 1.29 is 9.66 Å². The van der Waals surface area contributed by atoms with E-state index >= 15 is 0 Å². The second-order valence-electron chi connectivity index (χ2n) is 7.88. The van der Waals surface area contributed by atoms with Crippen LogP contribution in [0.3, 0.4) is 0 Å². The summed E-state index contributed by atoms with van der Waals surface area (Å²) in [4.78, 5) is 26.6. The molecule has 0 amide bonds. The maximum atomic E-state index is 10.8. The fraction of sp³-hybridized carbons (Fsp3) is 0.524. The third kappa shape index (κ3) is 4.85. The first-order valence-electron chi connectivity index (χ1n) is 10.4. The van der Waals surface area contributed by atoms with Gasteiger partial charge in [-0.1, -0.05) is 12.1 Å². The van der Waals surface area contributed by atoms with Crippen molar-refractivity contribution in [2.45, 2.75) is 25.4 Å². The molecule has 1 unspecified atom stereocenters. The number of nitro groups is 1. The summed E-state index contributed by atoms with van der Waals surface area (Å²) >= 11 is 0. The van der Waals surface area contributed by atoms with Crippen molar-refractivity contribution in [2.24, 2.45) is 0 Å². The maximum Gasteiger partial charge on any atom is 0.269 e. The number of rotatable bonds is 6. The highest BCUT2D eigenvalue weighted by Crippen LogP contribution is 2.23. The van der Waals surface area contributed by atoms with Gasteiger partial charge in [-0.15, -0.1) is 0 Å². The molecule has 0 spiro atoms. The highest BCUT2D eigenvalue weighted by molar-refractivity contribution is 5.44. The lowest BCUT2D eigenvalue weighted by Gasteiger charge is -2.38. The average Bonchev–Trinajstić information content (AvgIpc) is 2.80. The minimum atomic E-state index is -0.359. The highest BCUT2D eigenvalue weighted by Gasteiger charge is 2.25. The summed E-state index contributed by atoms with van der Waals surface area (Å²) in [6.45, 7) is 5.83. The average molecular weight is 412 g/mol. The summed E-state index contributed by atoms with van der Waals surface area (Å²) < 4.78 is 5.43. The SMILES string of the molecule is CN(c1ccnc(N2CCOCC2)n1)C1CCCN(Cc2ccc([N+](=O)[O-])cc2)C1. The van der Waals surface area contributed by atoms with E-state index in [1.807, 2.05) is 24.4 Å². The first kappa shape index (κ1) is 20.5. The normalized spacial score (nSPS) is 20.2. The lowest BCUT2D eigenvalue weighted by Crippen LogP contribution is -2.46. The number of morpholine rings is 1. The number of nitro benzene ring substituents is 1. The number of likely N-dealkylation sites (tertiary alicyclic amines) is 1. The van der Waals surface area contributed by atoms with Gasteiger partial charge in [0.1, 0.15) is 5.82 Å². The second-order valence-corrected chi connectivity index (χ2v) is 7.88. The standard InChI is InChI=1S/C21H28N6O3/c1-24(20-8-9-22-21(23-20)26-11-13-30-14-12-26)19-3-2-10-25(16-19)15-17-4-6-18(7-5-17)27(28)29/h4-9,19H,2-3,10-16H2,1H3. The molecular formula is C21H28N6O3. The van der Waals surface area contributed by atoms with Crippen molar-refractivity contribution in [3.8, 4) is 0 Å². The van der Waals surface area contributed by atoms with E-state index in [0.717, 1.165) is 62.9 Å². The molecule has 160 valence electrons. The smallest absolute Gasteiger partial charge is 0.269 e. The molecule has 2 aromatic rings. The first-order valence-corrected chi connectivity index (χ1v) is 10.4. The predicted molar refractivity (Wildman–Crippen MR) is 115 cm³/mol. The van der Waals surface area contributed by atoms with Gasteiger partial charge in [-0.05, 0) is 31.0 Å². The lowest BCUT2D eigenvalue weighted by molar-refractivity contribution is -0.384. The number of hydrogen-bond donors (Lipinski definition) is 0. The number of hydrogen-bond acceptors (Lipinski definition) is 8. The topological polar surface area (TPSA) is 87.9 Å². The van der Waals surface area contributed by atoms with Crippen LogP contribution in [0.1, 0.15) is 18.4 Å². The monoisotopic (exact) mass is 412 g/mol. The second kappa shape index (κ2) is 9.36. The van der Waals surface area contributed by atoms with Crippen molar-refractivity contribution in [1.29, 1.82) is 0 Å². The van der Waals surface area contributed by atoms with Crippen molar-refractivity contribution >= 4 is 17.5 Å². The first-order chi connectivity index (χ1) is 14.6. The minimum Gasteiger partial charge on any atom is -0.378 e. The van der Waals surface area contributed by atoms with Crippen LogP contribution in [0.5, 0.6) is 0 Å². The van der Waals surface area contributed by atoms with E-state index in [-0.39, 0.29) is 10.6 Å². The summed E-state index contributed by atoms with van der Waals surface area (Å²) in [6, 6.07) is 9.20. The third-order valence-corrected chi connectivity index (χ3v) is 5.87. The Morgan fingerprint density at radius 1 is 1.20 bits per heavy atom. The van der Waals surface area contributed by atoms with Crippen LogP contribution in [-0.2, 0) is 11.3 Å². The maximum absolute atomic E-state index is 10.8. The van der Waals surface area contributed by atoms with E-state index < -0.39 is 0 Å². The van der Waals surface area contributed by atoms with Crippen molar-refractivity contribution in [1.82, 2.24) is 14.9 Å². The van der Waals surface area contributed by atoms with Crippen LogP contribution in [0.15, 0.2) is 36.5 Å². The number of piperidine rings is 1. The predicted octanol–water partition coefficient (Wildman–Crippen LogP) is 2.32. The molecule has 1 atom stereocenters. The van der Waals surface area contributed by atoms with E-state index in [4.69, 9.17) is 9.72 Å². The van der Waals surface area contributed by atoms with Crippen LogP contribution in [-0.4, -0.2) is 72.3 Å². The molecule has 2 aliphatic heterocycles. The molecule has 30 heavy (non-hydrogen) atoms. The number of non-ortho nitro benzene ring substituents is 1. The van der Waals surface area contributed by atoms with Gasteiger partial charge in [0.2, 0.25) is 5.95 Å². The van der Waals surface area contributed by atoms with E-state index in [9.17, 15) is 10.1 Å². The van der Waals surface area contributed by atoms with E-state index in [1.54, 1.807) is 12.1 Å². The van der Waals surface area contributed by atoms with E-state index in [2.05, 4.69) is 26.7 Å². The molecule has 9 nitrogen and oxygen atoms in total. The number of nitrogens with zero attached hydrogens (tertiary/aromatic N) is 6. The number of benzene rings is 1. The molecule has 2 aliphatic rings. The number of anilines is 2. The molecule has 3 heterocycles. The Labute approximate surface area is 176 Å². The van der Waals surface area contributed by atoms with Crippen LogP contribution in [0, 0.1) is 10.1 Å². The minimum absolute atomic E-state index is 0.134. The molecule has 9 heteroatoms. The molecule has 1 aromatic carbocycles. The summed E-state index contributed by atoms with van der Waals surface area (Å²) in [5.41, 5.74) is 1.23. The van der Waals surface area contributed by atoms with Crippen molar-refractivity contribution in [3.63, 3.8) is 0 Å². The van der Waals surface area contributed by atoms with Crippen LogP contribution in [0.4, 0.5) is 17.5 Å². The fourth-order valence-electron chi connectivity index (χ4n) is 4.11. The molecule has 0 saturated carbocycles. The van der Waals surface area contributed by atoms with Gasteiger partial charge in [0.15, 0.2) is 0 Å². The van der Waals surface area contributed by atoms with Gasteiger partial charge in [-0.2, -0.15) is 4.98 Å². The van der Waals surface area contributed by atoms with Crippen molar-refractivity contribution in [2.75, 3.05) is 56.2 Å². The quantitative estimate of drug-likeness (QED) is 0.528. The van der Waals surface area contributed by atoms with Crippen LogP contribution in [0.25, 0.3) is 0 Å². The lowest BCUT2D eigenvalue weighted by atomic mass is 10.0. The molecule has 1 aromatic heterocycles. The van der Waals surface area contributed by atoms with Gasteiger partial charge in [0, 0.05) is 57.6 Å². The molecule has 0 aliphatic carbocycles. The molecular weight excluding hydrogens is 384 g/mol. The summed E-state index contributed by atoms with van der Waals surface area (Å²) in [5, 5.41) is 10.8.